The topological polar surface area (TPSA) is 103 Å². The van der Waals surface area contributed by atoms with Gasteiger partial charge in [0, 0.05) is 57.4 Å². The minimum Gasteiger partial charge on any atom is -0.379 e. The number of likely N-dealkylation sites (tertiary alicyclic amines) is 1. The molecule has 0 spiro atoms. The van der Waals surface area contributed by atoms with E-state index in [9.17, 15) is 18.0 Å². The summed E-state index contributed by atoms with van der Waals surface area (Å²) >= 11 is 0. The van der Waals surface area contributed by atoms with Gasteiger partial charge in [0.25, 0.3) is 0 Å². The third-order valence-electron chi connectivity index (χ3n) is 6.68. The molecule has 10 nitrogen and oxygen atoms in total. The van der Waals surface area contributed by atoms with Crippen LogP contribution in [0.5, 0.6) is 0 Å². The maximum absolute atomic E-state index is 13.2. The molecule has 3 aliphatic heterocycles. The lowest BCUT2D eigenvalue weighted by Crippen LogP contribution is -2.55. The molecule has 0 bridgehead atoms. The number of ether oxygens (including phenoxy) is 1. The number of amides is 2. The van der Waals surface area contributed by atoms with E-state index in [-0.39, 0.29) is 22.8 Å². The summed E-state index contributed by atoms with van der Waals surface area (Å²) in [5.74, 6) is 0.742. The number of morpholine rings is 1. The van der Waals surface area contributed by atoms with E-state index in [4.69, 9.17) is 4.74 Å². The van der Waals surface area contributed by atoms with Gasteiger partial charge in [-0.25, -0.2) is 13.4 Å². The summed E-state index contributed by atoms with van der Waals surface area (Å²) < 4.78 is 32.3. The van der Waals surface area contributed by atoms with Crippen LogP contribution in [-0.4, -0.2) is 104 Å². The van der Waals surface area contributed by atoms with Gasteiger partial charge in [-0.1, -0.05) is 20.8 Å². The van der Waals surface area contributed by atoms with Gasteiger partial charge in [0.15, 0.2) is 0 Å². The summed E-state index contributed by atoms with van der Waals surface area (Å²) in [4.78, 5) is 36.2. The average Bonchev–Trinajstić information content (AvgIpc) is 3.33. The molecule has 0 saturated carbocycles. The third-order valence-corrected chi connectivity index (χ3v) is 8.57. The average molecular weight is 494 g/mol. The Morgan fingerprint density at radius 3 is 2.26 bits per heavy atom. The van der Waals surface area contributed by atoms with Crippen molar-refractivity contribution in [2.45, 2.75) is 44.6 Å². The molecule has 11 heteroatoms. The Bertz CT molecular complexity index is 994. The highest BCUT2D eigenvalue weighted by Crippen LogP contribution is 2.27. The van der Waals surface area contributed by atoms with Crippen LogP contribution in [0.15, 0.2) is 23.2 Å². The third kappa shape index (κ3) is 5.06. The van der Waals surface area contributed by atoms with E-state index in [1.165, 1.54) is 10.5 Å². The molecular formula is C23H35N5O5S. The van der Waals surface area contributed by atoms with Crippen molar-refractivity contribution in [3.63, 3.8) is 0 Å². The Labute approximate surface area is 201 Å². The SMILES string of the molecule is CC(C)(C)C(=O)N1CCC[C@H]1C(=O)N1CCN(c2ccc(S(=O)(=O)N3CCOCC3)cn2)CC1. The normalized spacial score (nSPS) is 22.8. The number of pyridine rings is 1. The fourth-order valence-electron chi connectivity index (χ4n) is 4.71. The van der Waals surface area contributed by atoms with Crippen molar-refractivity contribution in [3.05, 3.63) is 18.3 Å². The van der Waals surface area contributed by atoms with Crippen molar-refractivity contribution < 1.29 is 22.7 Å². The van der Waals surface area contributed by atoms with E-state index in [1.54, 1.807) is 17.0 Å². The highest BCUT2D eigenvalue weighted by Gasteiger charge is 2.40. The second-order valence-corrected chi connectivity index (χ2v) is 12.0. The molecule has 4 rings (SSSR count). The Balaban J connectivity index is 1.35. The van der Waals surface area contributed by atoms with Crippen molar-refractivity contribution in [2.24, 2.45) is 5.41 Å². The van der Waals surface area contributed by atoms with Crippen LogP contribution < -0.4 is 4.90 Å². The first-order chi connectivity index (χ1) is 16.1. The first kappa shape index (κ1) is 24.9. The maximum Gasteiger partial charge on any atom is 0.245 e. The van der Waals surface area contributed by atoms with Gasteiger partial charge in [0.2, 0.25) is 21.8 Å². The first-order valence-corrected chi connectivity index (χ1v) is 13.4. The number of sulfonamides is 1. The quantitative estimate of drug-likeness (QED) is 0.611. The molecule has 1 aromatic rings. The Morgan fingerprint density at radius 1 is 1.00 bits per heavy atom. The molecule has 2 amide bonds. The zero-order valence-electron chi connectivity index (χ0n) is 20.3. The molecule has 0 unspecified atom stereocenters. The summed E-state index contributed by atoms with van der Waals surface area (Å²) in [6, 6.07) is 2.95. The van der Waals surface area contributed by atoms with Gasteiger partial charge in [-0.3, -0.25) is 9.59 Å². The first-order valence-electron chi connectivity index (χ1n) is 12.0. The Morgan fingerprint density at radius 2 is 1.68 bits per heavy atom. The monoisotopic (exact) mass is 493 g/mol. The van der Waals surface area contributed by atoms with Gasteiger partial charge in [-0.05, 0) is 25.0 Å². The van der Waals surface area contributed by atoms with Crippen molar-refractivity contribution >= 4 is 27.7 Å². The molecule has 188 valence electrons. The van der Waals surface area contributed by atoms with Crippen LogP contribution in [0.2, 0.25) is 0 Å². The van der Waals surface area contributed by atoms with Gasteiger partial charge in [0.05, 0.1) is 13.2 Å². The van der Waals surface area contributed by atoms with Crippen LogP contribution in [0.25, 0.3) is 0 Å². The fourth-order valence-corrected chi connectivity index (χ4v) is 6.07. The van der Waals surface area contributed by atoms with E-state index in [0.717, 1.165) is 6.42 Å². The van der Waals surface area contributed by atoms with E-state index < -0.39 is 15.4 Å². The van der Waals surface area contributed by atoms with E-state index in [0.29, 0.717) is 71.3 Å². The van der Waals surface area contributed by atoms with E-state index in [1.807, 2.05) is 25.7 Å². The van der Waals surface area contributed by atoms with Gasteiger partial charge < -0.3 is 19.4 Å². The number of hydrogen-bond donors (Lipinski definition) is 0. The predicted octanol–water partition coefficient (Wildman–Crippen LogP) is 0.788. The number of rotatable bonds is 4. The highest BCUT2D eigenvalue weighted by molar-refractivity contribution is 7.89. The minimum absolute atomic E-state index is 0.0228. The fraction of sp³-hybridized carbons (Fsp3) is 0.696. The van der Waals surface area contributed by atoms with Gasteiger partial charge in [-0.15, -0.1) is 0 Å². The number of hydrogen-bond acceptors (Lipinski definition) is 7. The lowest BCUT2D eigenvalue weighted by atomic mass is 9.94. The zero-order chi connectivity index (χ0) is 24.5. The number of carbonyl (C=O) groups is 2. The molecule has 0 aliphatic carbocycles. The summed E-state index contributed by atoms with van der Waals surface area (Å²) in [7, 11) is -3.57. The molecule has 0 aromatic carbocycles. The molecule has 4 heterocycles. The van der Waals surface area contributed by atoms with Crippen LogP contribution >= 0.6 is 0 Å². The number of carbonyl (C=O) groups excluding carboxylic acids is 2. The summed E-state index contributed by atoms with van der Waals surface area (Å²) in [5.41, 5.74) is -0.505. The van der Waals surface area contributed by atoms with E-state index >= 15 is 0 Å². The van der Waals surface area contributed by atoms with Crippen molar-refractivity contribution in [2.75, 3.05) is 63.9 Å². The van der Waals surface area contributed by atoms with Crippen LogP contribution in [0.1, 0.15) is 33.6 Å². The lowest BCUT2D eigenvalue weighted by Gasteiger charge is -2.38. The summed E-state index contributed by atoms with van der Waals surface area (Å²) in [6.07, 6.45) is 2.97. The standard InChI is InChI=1S/C23H35N5O5S/c1-23(2,3)22(30)28-8-4-5-19(28)21(29)26-11-9-25(10-12-26)20-7-6-18(17-24-20)34(31,32)27-13-15-33-16-14-27/h6-7,17,19H,4-5,8-16H2,1-3H3/t19-/m0/s1. The molecule has 1 aromatic heterocycles. The Hall–Kier alpha value is -2.24. The molecule has 3 fully saturated rings. The van der Waals surface area contributed by atoms with E-state index in [2.05, 4.69) is 9.88 Å². The van der Waals surface area contributed by atoms with Crippen molar-refractivity contribution in [1.82, 2.24) is 19.1 Å². The summed E-state index contributed by atoms with van der Waals surface area (Å²) in [5, 5.41) is 0. The van der Waals surface area contributed by atoms with Crippen molar-refractivity contribution in [3.8, 4) is 0 Å². The van der Waals surface area contributed by atoms with Gasteiger partial charge >= 0.3 is 0 Å². The zero-order valence-corrected chi connectivity index (χ0v) is 21.1. The van der Waals surface area contributed by atoms with Gasteiger partial charge in [0.1, 0.15) is 16.8 Å². The van der Waals surface area contributed by atoms with Crippen LogP contribution in [0.3, 0.4) is 0 Å². The predicted molar refractivity (Wildman–Crippen MR) is 127 cm³/mol. The largest absolute Gasteiger partial charge is 0.379 e. The molecule has 1 atom stereocenters. The maximum atomic E-state index is 13.2. The molecule has 34 heavy (non-hydrogen) atoms. The van der Waals surface area contributed by atoms with Crippen LogP contribution in [-0.2, 0) is 24.3 Å². The lowest BCUT2D eigenvalue weighted by molar-refractivity contribution is -0.148. The smallest absolute Gasteiger partial charge is 0.245 e. The molecular weight excluding hydrogens is 458 g/mol. The molecule has 3 aliphatic rings. The van der Waals surface area contributed by atoms with Crippen LogP contribution in [0.4, 0.5) is 5.82 Å². The molecule has 3 saturated heterocycles. The second-order valence-electron chi connectivity index (χ2n) is 10.1. The number of anilines is 1. The van der Waals surface area contributed by atoms with Crippen molar-refractivity contribution in [1.29, 1.82) is 0 Å². The van der Waals surface area contributed by atoms with Crippen LogP contribution in [0, 0.1) is 5.41 Å². The number of piperazine rings is 1. The van der Waals surface area contributed by atoms with Gasteiger partial charge in [-0.2, -0.15) is 4.31 Å². The second kappa shape index (κ2) is 9.79. The Kier molecular flexibility index (Phi) is 7.16. The molecule has 0 radical (unpaired) electrons. The number of aromatic nitrogens is 1. The highest BCUT2D eigenvalue weighted by atomic mass is 32.2. The molecule has 0 N–H and O–H groups in total. The number of nitrogens with zero attached hydrogens (tertiary/aromatic N) is 5. The minimum atomic E-state index is -3.57. The summed E-state index contributed by atoms with van der Waals surface area (Å²) in [6.45, 7) is 10.1.